The highest BCUT2D eigenvalue weighted by Gasteiger charge is 2.25. The minimum absolute atomic E-state index is 0.0391. The van der Waals surface area contributed by atoms with Crippen LogP contribution in [0.15, 0.2) is 67.4 Å². The number of hydrogen-bond acceptors (Lipinski definition) is 4. The second-order valence-corrected chi connectivity index (χ2v) is 8.52. The van der Waals surface area contributed by atoms with Crippen molar-refractivity contribution < 1.29 is 8.42 Å². The number of nitrogens with zero attached hydrogens (tertiary/aromatic N) is 3. The quantitative estimate of drug-likeness (QED) is 0.598. The highest BCUT2D eigenvalue weighted by Crippen LogP contribution is 2.25. The normalized spacial score (nSPS) is 11.6. The van der Waals surface area contributed by atoms with Crippen LogP contribution in [0.4, 0.5) is 0 Å². The predicted molar refractivity (Wildman–Crippen MR) is 93.4 cm³/mol. The van der Waals surface area contributed by atoms with Crippen LogP contribution in [0.25, 0.3) is 5.69 Å². The molecule has 0 spiro atoms. The van der Waals surface area contributed by atoms with Gasteiger partial charge in [0, 0.05) is 8.95 Å². The van der Waals surface area contributed by atoms with Crippen molar-refractivity contribution in [2.24, 2.45) is 0 Å². The summed E-state index contributed by atoms with van der Waals surface area (Å²) in [5.74, 6) is 0. The van der Waals surface area contributed by atoms with E-state index >= 15 is 0 Å². The molecule has 0 aliphatic heterocycles. The summed E-state index contributed by atoms with van der Waals surface area (Å²) in [5.41, 5.74) is 1.21. The lowest BCUT2D eigenvalue weighted by molar-refractivity contribution is 0.591. The first-order valence-electron chi connectivity index (χ1n) is 6.58. The molecule has 0 aliphatic carbocycles. The number of benzene rings is 2. The molecule has 0 atom stereocenters. The minimum Gasteiger partial charge on any atom is -0.217 e. The summed E-state index contributed by atoms with van der Waals surface area (Å²) >= 11 is 6.66. The fourth-order valence-electron chi connectivity index (χ4n) is 2.12. The Morgan fingerprint density at radius 1 is 0.913 bits per heavy atom. The van der Waals surface area contributed by atoms with E-state index in [1.165, 1.54) is 16.8 Å². The van der Waals surface area contributed by atoms with Gasteiger partial charge >= 0.3 is 0 Å². The molecular weight excluding hydrogens is 446 g/mol. The number of aromatic nitrogens is 3. The maximum absolute atomic E-state index is 12.7. The Labute approximate surface area is 150 Å². The molecule has 0 unspecified atom stereocenters. The third-order valence-electron chi connectivity index (χ3n) is 3.30. The van der Waals surface area contributed by atoms with Gasteiger partial charge in [0.2, 0.25) is 14.9 Å². The van der Waals surface area contributed by atoms with Gasteiger partial charge in [-0.05, 0) is 55.5 Å². The van der Waals surface area contributed by atoms with Crippen LogP contribution in [0.1, 0.15) is 5.69 Å². The average molecular weight is 457 g/mol. The van der Waals surface area contributed by atoms with Crippen molar-refractivity contribution in [3.63, 3.8) is 0 Å². The van der Waals surface area contributed by atoms with E-state index in [0.717, 1.165) is 14.6 Å². The van der Waals surface area contributed by atoms with Crippen LogP contribution in [0, 0.1) is 6.92 Å². The molecule has 0 aliphatic rings. The lowest BCUT2D eigenvalue weighted by Crippen LogP contribution is -2.05. The largest absolute Gasteiger partial charge is 0.227 e. The first kappa shape index (κ1) is 16.4. The van der Waals surface area contributed by atoms with Crippen molar-refractivity contribution in [1.82, 2.24) is 15.0 Å². The molecule has 118 valence electrons. The Bertz CT molecular complexity index is 949. The highest BCUT2D eigenvalue weighted by atomic mass is 79.9. The van der Waals surface area contributed by atoms with E-state index in [9.17, 15) is 8.42 Å². The molecule has 23 heavy (non-hydrogen) atoms. The summed E-state index contributed by atoms with van der Waals surface area (Å²) in [6.07, 6.45) is 0. The predicted octanol–water partition coefficient (Wildman–Crippen LogP) is 3.93. The molecule has 3 aromatic rings. The number of rotatable bonds is 3. The molecule has 1 heterocycles. The summed E-state index contributed by atoms with van der Waals surface area (Å²) in [4.78, 5) is 0.187. The molecule has 0 N–H and O–H groups in total. The lowest BCUT2D eigenvalue weighted by Gasteiger charge is -2.05. The molecule has 3 rings (SSSR count). The minimum atomic E-state index is -3.71. The molecule has 0 saturated carbocycles. The number of hydrogen-bond donors (Lipinski definition) is 0. The fourth-order valence-corrected chi connectivity index (χ4v) is 3.98. The molecule has 0 saturated heterocycles. The standard InChI is InChI=1S/C15H11Br2N3O2S/c1-10-15(23(21,22)14-8-4-12(17)5-9-14)18-19-20(10)13-6-2-11(16)3-7-13/h2-9H,1H3. The molecule has 1 aromatic heterocycles. The van der Waals surface area contributed by atoms with Crippen molar-refractivity contribution in [1.29, 1.82) is 0 Å². The van der Waals surface area contributed by atoms with Crippen molar-refractivity contribution in [2.75, 3.05) is 0 Å². The van der Waals surface area contributed by atoms with Gasteiger partial charge in [-0.1, -0.05) is 37.1 Å². The summed E-state index contributed by atoms with van der Waals surface area (Å²) in [6.45, 7) is 1.69. The Morgan fingerprint density at radius 2 is 1.43 bits per heavy atom. The zero-order valence-electron chi connectivity index (χ0n) is 11.9. The molecule has 0 fully saturated rings. The van der Waals surface area contributed by atoms with Crippen LogP contribution >= 0.6 is 31.9 Å². The Hall–Kier alpha value is -1.51. The van der Waals surface area contributed by atoms with E-state index in [1.54, 1.807) is 19.1 Å². The summed E-state index contributed by atoms with van der Waals surface area (Å²) in [7, 11) is -3.71. The van der Waals surface area contributed by atoms with Crippen LogP contribution in [0.2, 0.25) is 0 Å². The van der Waals surface area contributed by atoms with E-state index in [1.807, 2.05) is 24.3 Å². The highest BCUT2D eigenvalue weighted by molar-refractivity contribution is 9.10. The van der Waals surface area contributed by atoms with Gasteiger partial charge in [-0.2, -0.15) is 0 Å². The monoisotopic (exact) mass is 455 g/mol. The molecule has 0 radical (unpaired) electrons. The van der Waals surface area contributed by atoms with Crippen molar-refractivity contribution in [3.05, 3.63) is 63.2 Å². The van der Waals surface area contributed by atoms with Gasteiger partial charge in [0.1, 0.15) is 0 Å². The van der Waals surface area contributed by atoms with Gasteiger partial charge in [0.25, 0.3) is 0 Å². The van der Waals surface area contributed by atoms with Crippen LogP contribution in [0.3, 0.4) is 0 Å². The smallest absolute Gasteiger partial charge is 0.217 e. The molecular formula is C15H11Br2N3O2S. The number of halogens is 2. The molecule has 8 heteroatoms. The zero-order valence-corrected chi connectivity index (χ0v) is 15.9. The van der Waals surface area contributed by atoms with Crippen molar-refractivity contribution in [2.45, 2.75) is 16.8 Å². The van der Waals surface area contributed by atoms with Gasteiger partial charge in [-0.3, -0.25) is 0 Å². The third-order valence-corrected chi connectivity index (χ3v) is 6.14. The topological polar surface area (TPSA) is 64.8 Å². The molecule has 5 nitrogen and oxygen atoms in total. The van der Waals surface area contributed by atoms with Gasteiger partial charge in [-0.15, -0.1) is 5.10 Å². The second kappa shape index (κ2) is 6.18. The SMILES string of the molecule is Cc1c(S(=O)(=O)c2ccc(Br)cc2)nnn1-c1ccc(Br)cc1. The van der Waals surface area contributed by atoms with E-state index in [0.29, 0.717) is 5.69 Å². The van der Waals surface area contributed by atoms with Crippen LogP contribution in [0.5, 0.6) is 0 Å². The molecule has 0 bridgehead atoms. The average Bonchev–Trinajstić information content (AvgIpc) is 2.91. The van der Waals surface area contributed by atoms with E-state index in [-0.39, 0.29) is 9.92 Å². The summed E-state index contributed by atoms with van der Waals surface area (Å²) in [6, 6.07) is 13.8. The number of sulfone groups is 1. The van der Waals surface area contributed by atoms with Gasteiger partial charge < -0.3 is 0 Å². The van der Waals surface area contributed by atoms with Gasteiger partial charge in [0.15, 0.2) is 0 Å². The molecule has 2 aromatic carbocycles. The first-order valence-corrected chi connectivity index (χ1v) is 9.65. The fraction of sp³-hybridized carbons (Fsp3) is 0.0667. The van der Waals surface area contributed by atoms with Crippen molar-refractivity contribution in [3.8, 4) is 5.69 Å². The summed E-state index contributed by atoms with van der Waals surface area (Å²) in [5, 5.41) is 7.84. The lowest BCUT2D eigenvalue weighted by atomic mass is 10.3. The van der Waals surface area contributed by atoms with E-state index < -0.39 is 9.84 Å². The van der Waals surface area contributed by atoms with Gasteiger partial charge in [0.05, 0.1) is 16.3 Å². The van der Waals surface area contributed by atoms with E-state index in [2.05, 4.69) is 42.2 Å². The Kier molecular flexibility index (Phi) is 4.39. The third kappa shape index (κ3) is 3.11. The Morgan fingerprint density at radius 3 is 2.00 bits per heavy atom. The first-order chi connectivity index (χ1) is 10.9. The van der Waals surface area contributed by atoms with E-state index in [4.69, 9.17) is 0 Å². The Balaban J connectivity index is 2.08. The van der Waals surface area contributed by atoms with Crippen LogP contribution in [-0.4, -0.2) is 23.4 Å². The van der Waals surface area contributed by atoms with Crippen molar-refractivity contribution >= 4 is 41.7 Å². The maximum Gasteiger partial charge on any atom is 0.227 e. The zero-order chi connectivity index (χ0) is 16.6. The van der Waals surface area contributed by atoms with Crippen LogP contribution < -0.4 is 0 Å². The van der Waals surface area contributed by atoms with Crippen LogP contribution in [-0.2, 0) is 9.84 Å². The van der Waals surface area contributed by atoms with Gasteiger partial charge in [-0.25, -0.2) is 13.1 Å². The summed E-state index contributed by atoms with van der Waals surface area (Å²) < 4.78 is 28.7. The maximum atomic E-state index is 12.7. The second-order valence-electron chi connectivity index (χ2n) is 4.83. The molecule has 0 amide bonds.